The number of fused-ring (bicyclic) bond motifs is 5. The number of hydrogen-bond acceptors (Lipinski definition) is 11. The van der Waals surface area contributed by atoms with Crippen LogP contribution >= 0.6 is 0 Å². The number of nitrogens with one attached hydrogen (secondary N) is 5. The molecule has 0 saturated carbocycles. The molecule has 0 aromatic heterocycles. The van der Waals surface area contributed by atoms with Gasteiger partial charge in [-0.25, -0.2) is 14.4 Å². The van der Waals surface area contributed by atoms with Crippen LogP contribution in [0.15, 0.2) is 36.4 Å². The molecule has 0 spiro atoms. The van der Waals surface area contributed by atoms with E-state index in [4.69, 9.17) is 23.7 Å². The minimum absolute atomic E-state index is 0.0569. The van der Waals surface area contributed by atoms with Crippen LogP contribution in [-0.4, -0.2) is 93.7 Å². The Morgan fingerprint density at radius 2 is 1.31 bits per heavy atom. The van der Waals surface area contributed by atoms with E-state index in [1.54, 1.807) is 85.0 Å². The highest BCUT2D eigenvalue weighted by atomic mass is 16.6. The highest BCUT2D eigenvalue weighted by Gasteiger charge is 2.29. The molecule has 5 N–H and O–H groups in total. The molecule has 2 aromatic rings. The third kappa shape index (κ3) is 12.7. The number of benzene rings is 2. The lowest BCUT2D eigenvalue weighted by atomic mass is 9.94. The summed E-state index contributed by atoms with van der Waals surface area (Å²) in [5, 5.41) is 13.7. The molecule has 0 radical (unpaired) electrons. The van der Waals surface area contributed by atoms with Crippen LogP contribution in [0.3, 0.4) is 0 Å². The van der Waals surface area contributed by atoms with Crippen molar-refractivity contribution in [3.8, 4) is 22.6 Å². The van der Waals surface area contributed by atoms with Crippen molar-refractivity contribution >= 4 is 30.0 Å². The second-order valence-corrected chi connectivity index (χ2v) is 13.9. The number of likely N-dealkylation sites (N-methyl/N-ethyl adjacent to an activating group) is 1. The third-order valence-corrected chi connectivity index (χ3v) is 7.27. The van der Waals surface area contributed by atoms with Gasteiger partial charge in [-0.1, -0.05) is 12.1 Å². The van der Waals surface area contributed by atoms with Gasteiger partial charge >= 0.3 is 18.2 Å². The first-order valence-corrected chi connectivity index (χ1v) is 16.7. The highest BCUT2D eigenvalue weighted by molar-refractivity contribution is 5.93. The van der Waals surface area contributed by atoms with Gasteiger partial charge in [0, 0.05) is 17.5 Å². The van der Waals surface area contributed by atoms with Crippen molar-refractivity contribution in [3.63, 3.8) is 0 Å². The largest absolute Gasteiger partial charge is 0.491 e. The van der Waals surface area contributed by atoms with Gasteiger partial charge in [-0.2, -0.15) is 0 Å². The number of alkyl carbamates (subject to hydrolysis) is 2. The van der Waals surface area contributed by atoms with Gasteiger partial charge in [0.1, 0.15) is 54.0 Å². The quantitative estimate of drug-likeness (QED) is 0.138. The van der Waals surface area contributed by atoms with E-state index >= 15 is 0 Å². The number of ether oxygens (including phenoxy) is 5. The predicted octanol–water partition coefficient (Wildman–Crippen LogP) is 3.14. The molecule has 3 atom stereocenters. The molecule has 1 aliphatic heterocycles. The van der Waals surface area contributed by atoms with E-state index in [2.05, 4.69) is 26.6 Å². The maximum atomic E-state index is 13.5. The van der Waals surface area contributed by atoms with Crippen molar-refractivity contribution in [2.45, 2.75) is 84.2 Å². The summed E-state index contributed by atoms with van der Waals surface area (Å²) in [5.74, 6) is -0.893. The maximum Gasteiger partial charge on any atom is 0.407 e. The lowest BCUT2D eigenvalue weighted by molar-refractivity contribution is -0.145. The SMILES string of the molecule is CNC1C(=O)N[C@@H](C)C(=O)NC(C(=O)OC)Cc2ccc(OCCNC(=O)OC(C)(C)C)c(c2)-c2cc1ccc2OCCNC(=O)OC(C)(C)C. The highest BCUT2D eigenvalue weighted by Crippen LogP contribution is 2.39. The average Bonchev–Trinajstić information content (AvgIpc) is 3.03. The average molecular weight is 714 g/mol. The van der Waals surface area contributed by atoms with Crippen molar-refractivity contribution in [1.29, 1.82) is 0 Å². The molecule has 3 rings (SSSR count). The van der Waals surface area contributed by atoms with Crippen LogP contribution < -0.4 is 36.1 Å². The first kappa shape index (κ1) is 40.4. The molecule has 280 valence electrons. The predicted molar refractivity (Wildman–Crippen MR) is 188 cm³/mol. The van der Waals surface area contributed by atoms with E-state index in [-0.39, 0.29) is 32.7 Å². The summed E-state index contributed by atoms with van der Waals surface area (Å²) in [4.78, 5) is 63.8. The molecule has 15 nitrogen and oxygen atoms in total. The van der Waals surface area contributed by atoms with Crippen LogP contribution in [0.4, 0.5) is 9.59 Å². The van der Waals surface area contributed by atoms with Gasteiger partial charge in [0.05, 0.1) is 20.2 Å². The van der Waals surface area contributed by atoms with Gasteiger partial charge in [-0.05, 0) is 90.9 Å². The fourth-order valence-electron chi connectivity index (χ4n) is 5.04. The number of hydrogen-bond donors (Lipinski definition) is 5. The first-order valence-electron chi connectivity index (χ1n) is 16.7. The summed E-state index contributed by atoms with van der Waals surface area (Å²) >= 11 is 0. The zero-order chi connectivity index (χ0) is 37.9. The van der Waals surface area contributed by atoms with Gasteiger partial charge in [-0.3, -0.25) is 9.59 Å². The van der Waals surface area contributed by atoms with Gasteiger partial charge in [0.2, 0.25) is 11.8 Å². The van der Waals surface area contributed by atoms with Crippen LogP contribution in [0.5, 0.6) is 11.5 Å². The summed E-state index contributed by atoms with van der Waals surface area (Å²) in [6, 6.07) is 7.55. The Hall–Kier alpha value is -5.05. The van der Waals surface area contributed by atoms with E-state index in [1.807, 2.05) is 0 Å². The first-order chi connectivity index (χ1) is 23.9. The zero-order valence-corrected chi connectivity index (χ0v) is 30.8. The van der Waals surface area contributed by atoms with E-state index < -0.39 is 59.3 Å². The van der Waals surface area contributed by atoms with Crippen molar-refractivity contribution in [2.75, 3.05) is 40.5 Å². The molecule has 2 aromatic carbocycles. The molecular formula is C36H51N5O10. The number of rotatable bonds is 10. The lowest BCUT2D eigenvalue weighted by Crippen LogP contribution is -2.52. The Labute approximate surface area is 298 Å². The van der Waals surface area contributed by atoms with E-state index in [1.165, 1.54) is 14.0 Å². The zero-order valence-electron chi connectivity index (χ0n) is 30.8. The number of amides is 4. The maximum absolute atomic E-state index is 13.5. The summed E-state index contributed by atoms with van der Waals surface area (Å²) < 4.78 is 27.9. The normalized spacial score (nSPS) is 17.9. The molecule has 0 fully saturated rings. The monoisotopic (exact) mass is 713 g/mol. The smallest absolute Gasteiger partial charge is 0.407 e. The summed E-state index contributed by atoms with van der Waals surface area (Å²) in [5.41, 5.74) is 0.962. The van der Waals surface area contributed by atoms with Crippen LogP contribution in [-0.2, 0) is 35.0 Å². The van der Waals surface area contributed by atoms with Crippen molar-refractivity contribution in [2.24, 2.45) is 0 Å². The number of esters is 1. The molecular weight excluding hydrogens is 662 g/mol. The van der Waals surface area contributed by atoms with Crippen LogP contribution in [0.25, 0.3) is 11.1 Å². The fourth-order valence-corrected chi connectivity index (χ4v) is 5.04. The second-order valence-electron chi connectivity index (χ2n) is 13.9. The Kier molecular flexibility index (Phi) is 14.0. The molecule has 51 heavy (non-hydrogen) atoms. The molecule has 4 bridgehead atoms. The Morgan fingerprint density at radius 3 is 1.82 bits per heavy atom. The Morgan fingerprint density at radius 1 is 0.784 bits per heavy atom. The minimum Gasteiger partial charge on any atom is -0.491 e. The van der Waals surface area contributed by atoms with Gasteiger partial charge in [0.25, 0.3) is 0 Å². The summed E-state index contributed by atoms with van der Waals surface area (Å²) in [6.45, 7) is 12.5. The third-order valence-electron chi connectivity index (χ3n) is 7.27. The molecule has 2 unspecified atom stereocenters. The summed E-state index contributed by atoms with van der Waals surface area (Å²) in [7, 11) is 2.84. The second kappa shape index (κ2) is 17.7. The number of carbonyl (C=O) groups excluding carboxylic acids is 5. The standard InChI is InChI=1S/C36H51N5O10/c1-21-30(42)41-26(32(44)47-9)19-22-10-12-27(48-16-14-38-33(45)50-35(2,3)4)24(18-22)25-20-23(29(37-8)31(43)40-21)11-13-28(25)49-17-15-39-34(46)51-36(5,6)7/h10-13,18,20-21,26,29,37H,14-17,19H2,1-9H3,(H,38,45)(H,39,46)(H,40,43)(H,41,42)/t21-,26?,29?/m0/s1. The van der Waals surface area contributed by atoms with Crippen LogP contribution in [0, 0.1) is 0 Å². The Bertz CT molecular complexity index is 1570. The van der Waals surface area contributed by atoms with Gasteiger partial charge in [0.15, 0.2) is 0 Å². The molecule has 15 heteroatoms. The minimum atomic E-state index is -1.07. The number of carbonyl (C=O) groups is 5. The number of methoxy groups -OCH3 is 1. The van der Waals surface area contributed by atoms with Crippen LogP contribution in [0.2, 0.25) is 0 Å². The van der Waals surface area contributed by atoms with Crippen molar-refractivity contribution < 1.29 is 47.7 Å². The molecule has 0 aliphatic carbocycles. The molecule has 1 heterocycles. The van der Waals surface area contributed by atoms with E-state index in [0.717, 1.165) is 0 Å². The fraction of sp³-hybridized carbons (Fsp3) is 0.528. The van der Waals surface area contributed by atoms with Crippen LogP contribution in [0.1, 0.15) is 65.6 Å². The van der Waals surface area contributed by atoms with Gasteiger partial charge in [-0.15, -0.1) is 0 Å². The van der Waals surface area contributed by atoms with Crippen molar-refractivity contribution in [3.05, 3.63) is 47.5 Å². The van der Waals surface area contributed by atoms with E-state index in [9.17, 15) is 24.0 Å². The van der Waals surface area contributed by atoms with Crippen molar-refractivity contribution in [1.82, 2.24) is 26.6 Å². The summed E-state index contributed by atoms with van der Waals surface area (Å²) in [6.07, 6.45) is -1.12. The van der Waals surface area contributed by atoms with E-state index in [0.29, 0.717) is 33.8 Å². The molecule has 0 saturated heterocycles. The van der Waals surface area contributed by atoms with Gasteiger partial charge < -0.3 is 50.3 Å². The topological polar surface area (TPSA) is 192 Å². The lowest BCUT2D eigenvalue weighted by Gasteiger charge is -2.25. The molecule has 1 aliphatic rings. The molecule has 4 amide bonds. The Balaban J connectivity index is 2.07.